The molecule has 2 aromatic heterocycles. The largest absolute Gasteiger partial charge is 0.497 e. The highest BCUT2D eigenvalue weighted by molar-refractivity contribution is 5.91. The van der Waals surface area contributed by atoms with Crippen LogP contribution in [0.1, 0.15) is 35.3 Å². The molecule has 0 bridgehead atoms. The minimum atomic E-state index is -0.232. The Kier molecular flexibility index (Phi) is 3.97. The smallest absolute Gasteiger partial charge is 0.290 e. The molecule has 1 aliphatic heterocycles. The van der Waals surface area contributed by atoms with Gasteiger partial charge in [0.1, 0.15) is 11.8 Å². The fourth-order valence-corrected chi connectivity index (χ4v) is 3.05. The lowest BCUT2D eigenvalue weighted by atomic mass is 10.2. The van der Waals surface area contributed by atoms with Crippen molar-refractivity contribution in [2.45, 2.75) is 18.9 Å². The topological polar surface area (TPSA) is 81.6 Å². The molecule has 3 heterocycles. The van der Waals surface area contributed by atoms with Crippen LogP contribution in [-0.2, 0) is 0 Å². The maximum absolute atomic E-state index is 12.6. The van der Waals surface area contributed by atoms with Gasteiger partial charge in [0.15, 0.2) is 5.76 Å². The van der Waals surface area contributed by atoms with Crippen LogP contribution in [0.25, 0.3) is 11.5 Å². The third kappa shape index (κ3) is 2.88. The fourth-order valence-electron chi connectivity index (χ4n) is 3.05. The molecular weight excluding hydrogens is 322 g/mol. The zero-order chi connectivity index (χ0) is 17.2. The molecule has 0 saturated carbocycles. The third-order valence-corrected chi connectivity index (χ3v) is 4.29. The second kappa shape index (κ2) is 6.43. The van der Waals surface area contributed by atoms with Crippen LogP contribution >= 0.6 is 0 Å². The van der Waals surface area contributed by atoms with E-state index >= 15 is 0 Å². The summed E-state index contributed by atoms with van der Waals surface area (Å²) in [5.41, 5.74) is 0.778. The average Bonchev–Trinajstić information content (AvgIpc) is 3.41. The fraction of sp³-hybridized carbons (Fsp3) is 0.278. The van der Waals surface area contributed by atoms with Crippen LogP contribution < -0.4 is 4.74 Å². The number of nitrogens with zero attached hydrogens (tertiary/aromatic N) is 3. The molecule has 1 fully saturated rings. The van der Waals surface area contributed by atoms with Crippen molar-refractivity contribution < 1.29 is 18.4 Å². The van der Waals surface area contributed by atoms with Gasteiger partial charge < -0.3 is 18.5 Å². The van der Waals surface area contributed by atoms with Crippen LogP contribution in [0.2, 0.25) is 0 Å². The van der Waals surface area contributed by atoms with Crippen LogP contribution in [0.4, 0.5) is 0 Å². The van der Waals surface area contributed by atoms with E-state index in [2.05, 4.69) is 10.2 Å². The molecule has 0 aliphatic carbocycles. The van der Waals surface area contributed by atoms with Crippen LogP contribution in [0.5, 0.6) is 5.75 Å². The van der Waals surface area contributed by atoms with Gasteiger partial charge in [-0.3, -0.25) is 4.79 Å². The summed E-state index contributed by atoms with van der Waals surface area (Å²) in [5, 5.41) is 8.29. The number of likely N-dealkylation sites (tertiary alicyclic amines) is 1. The molecule has 0 spiro atoms. The number of hydrogen-bond acceptors (Lipinski definition) is 6. The van der Waals surface area contributed by atoms with Crippen molar-refractivity contribution in [3.63, 3.8) is 0 Å². The lowest BCUT2D eigenvalue weighted by Crippen LogP contribution is -2.30. The van der Waals surface area contributed by atoms with Gasteiger partial charge >= 0.3 is 0 Å². The molecule has 1 amide bonds. The van der Waals surface area contributed by atoms with Gasteiger partial charge in [-0.15, -0.1) is 10.2 Å². The van der Waals surface area contributed by atoms with E-state index in [9.17, 15) is 4.79 Å². The molecule has 0 radical (unpaired) electrons. The van der Waals surface area contributed by atoms with Crippen LogP contribution in [0.15, 0.2) is 51.5 Å². The van der Waals surface area contributed by atoms with Crippen LogP contribution in [0.3, 0.4) is 0 Å². The number of carbonyl (C=O) groups excluding carboxylic acids is 1. The Hall–Kier alpha value is -3.09. The molecule has 1 atom stereocenters. The monoisotopic (exact) mass is 339 g/mol. The predicted octanol–water partition coefficient (Wildman–Crippen LogP) is 3.32. The normalized spacial score (nSPS) is 17.0. The van der Waals surface area contributed by atoms with E-state index in [1.807, 2.05) is 24.3 Å². The Labute approximate surface area is 144 Å². The molecule has 1 saturated heterocycles. The van der Waals surface area contributed by atoms with Gasteiger partial charge in [0.05, 0.1) is 13.4 Å². The lowest BCUT2D eigenvalue weighted by Gasteiger charge is -2.20. The van der Waals surface area contributed by atoms with Crippen molar-refractivity contribution in [1.29, 1.82) is 0 Å². The number of amides is 1. The van der Waals surface area contributed by atoms with Crippen LogP contribution in [0, 0.1) is 0 Å². The van der Waals surface area contributed by atoms with E-state index in [-0.39, 0.29) is 11.9 Å². The summed E-state index contributed by atoms with van der Waals surface area (Å²) in [7, 11) is 1.61. The Bertz CT molecular complexity index is 872. The van der Waals surface area contributed by atoms with Crippen molar-refractivity contribution >= 4 is 5.91 Å². The van der Waals surface area contributed by atoms with Crippen molar-refractivity contribution in [3.05, 3.63) is 54.3 Å². The zero-order valence-electron chi connectivity index (χ0n) is 13.7. The summed E-state index contributed by atoms with van der Waals surface area (Å²) in [6.45, 7) is 0.640. The van der Waals surface area contributed by atoms with Gasteiger partial charge in [-0.2, -0.15) is 0 Å². The molecule has 7 nitrogen and oxygen atoms in total. The average molecular weight is 339 g/mol. The summed E-state index contributed by atoms with van der Waals surface area (Å²) >= 11 is 0. The second-order valence-corrected chi connectivity index (χ2v) is 5.81. The molecule has 7 heteroatoms. The summed E-state index contributed by atoms with van der Waals surface area (Å²) in [5.74, 6) is 1.72. The predicted molar refractivity (Wildman–Crippen MR) is 88.0 cm³/mol. The van der Waals surface area contributed by atoms with Gasteiger partial charge in [0, 0.05) is 12.1 Å². The number of rotatable bonds is 4. The molecule has 1 aliphatic rings. The van der Waals surface area contributed by atoms with E-state index in [1.165, 1.54) is 6.26 Å². The van der Waals surface area contributed by atoms with Gasteiger partial charge in [-0.1, -0.05) is 6.07 Å². The first kappa shape index (κ1) is 15.4. The zero-order valence-corrected chi connectivity index (χ0v) is 13.7. The van der Waals surface area contributed by atoms with Crippen molar-refractivity contribution in [1.82, 2.24) is 15.1 Å². The Balaban J connectivity index is 1.59. The number of hydrogen-bond donors (Lipinski definition) is 0. The summed E-state index contributed by atoms with van der Waals surface area (Å²) in [6.07, 6.45) is 3.16. The number of furan rings is 1. The quantitative estimate of drug-likeness (QED) is 0.725. The summed E-state index contributed by atoms with van der Waals surface area (Å²) < 4.78 is 16.3. The molecule has 3 aromatic rings. The minimum Gasteiger partial charge on any atom is -0.497 e. The molecule has 128 valence electrons. The molecule has 0 N–H and O–H groups in total. The SMILES string of the molecule is COc1cccc(-c2nnc(C3CCCN3C(=O)c3ccco3)o2)c1. The van der Waals surface area contributed by atoms with E-state index < -0.39 is 0 Å². The maximum atomic E-state index is 12.6. The highest BCUT2D eigenvalue weighted by atomic mass is 16.5. The number of benzene rings is 1. The maximum Gasteiger partial charge on any atom is 0.290 e. The van der Waals surface area contributed by atoms with E-state index in [1.54, 1.807) is 24.1 Å². The van der Waals surface area contributed by atoms with Gasteiger partial charge in [0.25, 0.3) is 5.91 Å². The first-order valence-electron chi connectivity index (χ1n) is 8.08. The van der Waals surface area contributed by atoms with Gasteiger partial charge in [-0.25, -0.2) is 0 Å². The number of methoxy groups -OCH3 is 1. The minimum absolute atomic E-state index is 0.159. The van der Waals surface area contributed by atoms with E-state index in [0.29, 0.717) is 29.8 Å². The van der Waals surface area contributed by atoms with Crippen LogP contribution in [-0.4, -0.2) is 34.7 Å². The number of aromatic nitrogens is 2. The second-order valence-electron chi connectivity index (χ2n) is 5.81. The number of carbonyl (C=O) groups is 1. The first-order valence-corrected chi connectivity index (χ1v) is 8.08. The van der Waals surface area contributed by atoms with Crippen molar-refractivity contribution in [3.8, 4) is 17.2 Å². The van der Waals surface area contributed by atoms with Crippen molar-refractivity contribution in [2.75, 3.05) is 13.7 Å². The highest BCUT2D eigenvalue weighted by Crippen LogP contribution is 2.34. The molecule has 4 rings (SSSR count). The molecule has 1 unspecified atom stereocenters. The standard InChI is InChI=1S/C18H17N3O4/c1-23-13-6-2-5-12(11-13)16-19-20-17(25-16)14-7-3-9-21(14)18(22)15-8-4-10-24-15/h2,4-6,8,10-11,14H,3,7,9H2,1H3. The van der Waals surface area contributed by atoms with E-state index in [0.717, 1.165) is 18.4 Å². The molecular formula is C18H17N3O4. The summed E-state index contributed by atoms with van der Waals surface area (Å²) in [4.78, 5) is 14.3. The molecule has 25 heavy (non-hydrogen) atoms. The Morgan fingerprint density at radius 1 is 1.28 bits per heavy atom. The molecule has 1 aromatic carbocycles. The first-order chi connectivity index (χ1) is 12.3. The summed E-state index contributed by atoms with van der Waals surface area (Å²) in [6, 6.07) is 10.5. The highest BCUT2D eigenvalue weighted by Gasteiger charge is 2.35. The number of ether oxygens (including phenoxy) is 1. The third-order valence-electron chi connectivity index (χ3n) is 4.29. The lowest BCUT2D eigenvalue weighted by molar-refractivity contribution is 0.0683. The Morgan fingerprint density at radius 3 is 3.00 bits per heavy atom. The van der Waals surface area contributed by atoms with E-state index in [4.69, 9.17) is 13.6 Å². The Morgan fingerprint density at radius 2 is 2.20 bits per heavy atom. The van der Waals surface area contributed by atoms with Crippen molar-refractivity contribution in [2.24, 2.45) is 0 Å². The van der Waals surface area contributed by atoms with Gasteiger partial charge in [-0.05, 0) is 43.2 Å². The van der Waals surface area contributed by atoms with Gasteiger partial charge in [0.2, 0.25) is 11.8 Å².